The van der Waals surface area contributed by atoms with Crippen LogP contribution in [0, 0.1) is 0 Å². The number of nitrogen functional groups attached to an aromatic ring is 1. The zero-order chi connectivity index (χ0) is 12.5. The number of nitrogens with zero attached hydrogens (tertiary/aromatic N) is 1. The Morgan fingerprint density at radius 3 is 2.33 bits per heavy atom. The molecule has 0 aliphatic heterocycles. The highest BCUT2D eigenvalue weighted by atomic mass is 79.9. The number of nitrogens with two attached hydrogens (primary N) is 1. The monoisotopic (exact) mass is 348 g/mol. The third-order valence-corrected chi connectivity index (χ3v) is 3.06. The Hall–Kier alpha value is -0.580. The summed E-state index contributed by atoms with van der Waals surface area (Å²) < 4.78 is 0. The number of unbranched alkanes of at least 4 members (excludes halogenated alkanes) is 1. The minimum Gasteiger partial charge on any atom is -0.375 e. The molecule has 5 heteroatoms. The fraction of sp³-hybridized carbons (Fsp3) is 0.308. The normalized spacial score (nSPS) is 9.00. The molecule has 0 atom stereocenters. The number of rotatable bonds is 3. The van der Waals surface area contributed by atoms with Gasteiger partial charge in [0.05, 0.1) is 5.69 Å². The van der Waals surface area contributed by atoms with Crippen molar-refractivity contribution in [2.45, 2.75) is 26.2 Å². The van der Waals surface area contributed by atoms with Crippen LogP contribution in [0.3, 0.4) is 0 Å². The van der Waals surface area contributed by atoms with Gasteiger partial charge in [0.1, 0.15) is 0 Å². The second-order valence-corrected chi connectivity index (χ2v) is 4.90. The van der Waals surface area contributed by atoms with Crippen LogP contribution in [0.1, 0.15) is 25.5 Å². The first kappa shape index (κ1) is 17.4. The van der Waals surface area contributed by atoms with Gasteiger partial charge in [-0.2, -0.15) is 0 Å². The summed E-state index contributed by atoms with van der Waals surface area (Å²) in [5.41, 5.74) is 6.60. The van der Waals surface area contributed by atoms with Gasteiger partial charge < -0.3 is 5.73 Å². The highest BCUT2D eigenvalue weighted by molar-refractivity contribution is 8.93. The molecule has 18 heavy (non-hydrogen) atoms. The maximum atomic E-state index is 5.54. The first-order valence-corrected chi connectivity index (χ1v) is 6.88. The minimum atomic E-state index is 0. The molecule has 100 valence electrons. The molecule has 1 aromatic carbocycles. The van der Waals surface area contributed by atoms with Crippen LogP contribution in [0.5, 0.6) is 0 Å². The molecule has 0 spiro atoms. The molecule has 0 saturated carbocycles. The van der Waals surface area contributed by atoms with Crippen LogP contribution in [0.25, 0.3) is 0 Å². The lowest BCUT2D eigenvalue weighted by atomic mass is 10.2. The summed E-state index contributed by atoms with van der Waals surface area (Å²) in [6.45, 7) is 2.18. The molecule has 1 heterocycles. The number of aromatic nitrogens is 1. The van der Waals surface area contributed by atoms with Crippen LogP contribution in [0.15, 0.2) is 35.7 Å². The SMILES string of the molecule is Br.CCCCc1csc(N)n1.Clc1ccccc1. The molecule has 2 nitrogen and oxygen atoms in total. The average molecular weight is 350 g/mol. The molecule has 1 aromatic heterocycles. The first-order chi connectivity index (χ1) is 8.22. The quantitative estimate of drug-likeness (QED) is 0.848. The zero-order valence-corrected chi connectivity index (χ0v) is 13.6. The largest absolute Gasteiger partial charge is 0.375 e. The number of benzene rings is 1. The van der Waals surface area contributed by atoms with E-state index in [0.717, 1.165) is 17.1 Å². The molecule has 0 aliphatic rings. The summed E-state index contributed by atoms with van der Waals surface area (Å²) in [7, 11) is 0. The fourth-order valence-electron chi connectivity index (χ4n) is 1.21. The lowest BCUT2D eigenvalue weighted by molar-refractivity contribution is 0.782. The van der Waals surface area contributed by atoms with E-state index >= 15 is 0 Å². The van der Waals surface area contributed by atoms with E-state index < -0.39 is 0 Å². The second kappa shape index (κ2) is 10.4. The number of thiazole rings is 1. The van der Waals surface area contributed by atoms with Gasteiger partial charge in [0.25, 0.3) is 0 Å². The van der Waals surface area contributed by atoms with E-state index in [0.29, 0.717) is 5.13 Å². The molecule has 2 aromatic rings. The predicted molar refractivity (Wildman–Crippen MR) is 86.9 cm³/mol. The van der Waals surface area contributed by atoms with Crippen LogP contribution >= 0.6 is 39.9 Å². The van der Waals surface area contributed by atoms with Crippen molar-refractivity contribution in [2.75, 3.05) is 5.73 Å². The van der Waals surface area contributed by atoms with E-state index in [1.165, 1.54) is 24.2 Å². The number of anilines is 1. The van der Waals surface area contributed by atoms with Crippen LogP contribution in [-0.4, -0.2) is 4.98 Å². The van der Waals surface area contributed by atoms with Crippen molar-refractivity contribution in [2.24, 2.45) is 0 Å². The van der Waals surface area contributed by atoms with E-state index in [9.17, 15) is 0 Å². The third kappa shape index (κ3) is 7.69. The first-order valence-electron chi connectivity index (χ1n) is 5.62. The van der Waals surface area contributed by atoms with Crippen LogP contribution in [-0.2, 0) is 6.42 Å². The lowest BCUT2D eigenvalue weighted by Crippen LogP contribution is -1.86. The predicted octanol–water partition coefficient (Wildman–Crippen LogP) is 4.99. The van der Waals surface area contributed by atoms with Crippen molar-refractivity contribution in [3.63, 3.8) is 0 Å². The molecule has 0 aliphatic carbocycles. The van der Waals surface area contributed by atoms with E-state index in [1.807, 2.05) is 35.7 Å². The Morgan fingerprint density at radius 1 is 1.28 bits per heavy atom. The van der Waals surface area contributed by atoms with E-state index in [1.54, 1.807) is 0 Å². The molecule has 0 amide bonds. The van der Waals surface area contributed by atoms with Crippen molar-refractivity contribution in [1.82, 2.24) is 4.98 Å². The molecule has 0 bridgehead atoms. The summed E-state index contributed by atoms with van der Waals surface area (Å²) >= 11 is 7.06. The van der Waals surface area contributed by atoms with E-state index in [-0.39, 0.29) is 17.0 Å². The Balaban J connectivity index is 0.000000321. The van der Waals surface area contributed by atoms with Gasteiger partial charge >= 0.3 is 0 Å². The van der Waals surface area contributed by atoms with Gasteiger partial charge in [0.2, 0.25) is 0 Å². The highest BCUT2D eigenvalue weighted by Crippen LogP contribution is 2.12. The topological polar surface area (TPSA) is 38.9 Å². The van der Waals surface area contributed by atoms with E-state index in [2.05, 4.69) is 11.9 Å². The molecule has 2 N–H and O–H groups in total. The van der Waals surface area contributed by atoms with Crippen molar-refractivity contribution in [3.8, 4) is 0 Å². The highest BCUT2D eigenvalue weighted by Gasteiger charge is 1.95. The van der Waals surface area contributed by atoms with Crippen LogP contribution < -0.4 is 5.73 Å². The number of halogens is 2. The average Bonchev–Trinajstić information content (AvgIpc) is 2.74. The molecule has 0 saturated heterocycles. The summed E-state index contributed by atoms with van der Waals surface area (Å²) in [6, 6.07) is 9.44. The Kier molecular flexibility index (Phi) is 10.0. The molecular formula is C13H18BrClN2S. The molecule has 0 radical (unpaired) electrons. The Bertz CT molecular complexity index is 420. The Labute approximate surface area is 128 Å². The van der Waals surface area contributed by atoms with Crippen molar-refractivity contribution in [1.29, 1.82) is 0 Å². The van der Waals surface area contributed by atoms with Gasteiger partial charge in [-0.1, -0.05) is 43.1 Å². The second-order valence-electron chi connectivity index (χ2n) is 3.58. The van der Waals surface area contributed by atoms with Crippen molar-refractivity contribution >= 4 is 45.1 Å². The number of aryl methyl sites for hydroxylation is 1. The smallest absolute Gasteiger partial charge is 0.180 e. The summed E-state index contributed by atoms with van der Waals surface area (Å²) in [5, 5.41) is 3.51. The maximum absolute atomic E-state index is 5.54. The molecule has 0 fully saturated rings. The molecular weight excluding hydrogens is 332 g/mol. The van der Waals surface area contributed by atoms with E-state index in [4.69, 9.17) is 17.3 Å². The summed E-state index contributed by atoms with van der Waals surface area (Å²) in [5.74, 6) is 0. The van der Waals surface area contributed by atoms with Gasteiger partial charge in [-0.3, -0.25) is 0 Å². The van der Waals surface area contributed by atoms with Gasteiger partial charge in [-0.25, -0.2) is 4.98 Å². The fourth-order valence-corrected chi connectivity index (χ4v) is 1.95. The van der Waals surface area contributed by atoms with Crippen LogP contribution in [0.2, 0.25) is 5.02 Å². The summed E-state index contributed by atoms with van der Waals surface area (Å²) in [4.78, 5) is 4.14. The maximum Gasteiger partial charge on any atom is 0.180 e. The summed E-state index contributed by atoms with van der Waals surface area (Å²) in [6.07, 6.45) is 3.50. The number of hydrogen-bond acceptors (Lipinski definition) is 3. The van der Waals surface area contributed by atoms with Gasteiger partial charge in [-0.15, -0.1) is 28.3 Å². The van der Waals surface area contributed by atoms with Crippen molar-refractivity contribution < 1.29 is 0 Å². The minimum absolute atomic E-state index is 0. The molecule has 2 rings (SSSR count). The van der Waals surface area contributed by atoms with Gasteiger partial charge in [-0.05, 0) is 25.0 Å². The number of hydrogen-bond donors (Lipinski definition) is 1. The Morgan fingerprint density at radius 2 is 1.94 bits per heavy atom. The van der Waals surface area contributed by atoms with Gasteiger partial charge in [0.15, 0.2) is 5.13 Å². The van der Waals surface area contributed by atoms with Gasteiger partial charge in [0, 0.05) is 10.4 Å². The third-order valence-electron chi connectivity index (χ3n) is 2.09. The van der Waals surface area contributed by atoms with Crippen molar-refractivity contribution in [3.05, 3.63) is 46.4 Å². The van der Waals surface area contributed by atoms with Crippen LogP contribution in [0.4, 0.5) is 5.13 Å². The molecule has 0 unspecified atom stereocenters. The lowest BCUT2D eigenvalue weighted by Gasteiger charge is -1.90. The zero-order valence-electron chi connectivity index (χ0n) is 10.3. The standard InChI is InChI=1S/C7H12N2S.C6H5Cl.BrH/c1-2-3-4-6-5-10-7(8)9-6;7-6-4-2-1-3-5-6;/h5H,2-4H2,1H3,(H2,8,9);1-5H;1H.